The standard InChI is InChI=1S/C14H19N5S/c1-10(18(2)12-3-4-12)9-19-13(16-17-14(19)20)11-5-7-15-8-6-11/h5-8,10,12H,3-4,9H2,1-2H3,(H,17,20). The molecule has 5 nitrogen and oxygen atoms in total. The number of nitrogens with one attached hydrogen (secondary N) is 1. The lowest BCUT2D eigenvalue weighted by Gasteiger charge is -2.25. The average molecular weight is 289 g/mol. The molecule has 2 aromatic rings. The van der Waals surface area contributed by atoms with Crippen LogP contribution in [0.5, 0.6) is 0 Å². The molecular weight excluding hydrogens is 270 g/mol. The third-order valence-electron chi connectivity index (χ3n) is 3.96. The van der Waals surface area contributed by atoms with E-state index in [2.05, 4.69) is 38.6 Å². The van der Waals surface area contributed by atoms with Crippen molar-refractivity contribution in [3.8, 4) is 11.4 Å². The Labute approximate surface area is 123 Å². The molecule has 1 aliphatic rings. The zero-order valence-electron chi connectivity index (χ0n) is 11.8. The number of hydrogen-bond acceptors (Lipinski definition) is 4. The van der Waals surface area contributed by atoms with E-state index in [1.54, 1.807) is 12.4 Å². The average Bonchev–Trinajstić information content (AvgIpc) is 3.25. The Morgan fingerprint density at radius 3 is 2.80 bits per heavy atom. The molecular formula is C14H19N5S. The van der Waals surface area contributed by atoms with Gasteiger partial charge >= 0.3 is 0 Å². The van der Waals surface area contributed by atoms with Crippen LogP contribution in [-0.2, 0) is 6.54 Å². The number of nitrogens with zero attached hydrogens (tertiary/aromatic N) is 4. The van der Waals surface area contributed by atoms with E-state index in [1.807, 2.05) is 12.1 Å². The maximum absolute atomic E-state index is 5.37. The Morgan fingerprint density at radius 2 is 2.15 bits per heavy atom. The van der Waals surface area contributed by atoms with Crippen LogP contribution in [0.2, 0.25) is 0 Å². The van der Waals surface area contributed by atoms with Crippen LogP contribution in [0.25, 0.3) is 11.4 Å². The van der Waals surface area contributed by atoms with Gasteiger partial charge in [0.15, 0.2) is 10.6 Å². The van der Waals surface area contributed by atoms with E-state index in [-0.39, 0.29) is 0 Å². The van der Waals surface area contributed by atoms with E-state index in [0.29, 0.717) is 10.8 Å². The third-order valence-corrected chi connectivity index (χ3v) is 4.27. The van der Waals surface area contributed by atoms with Crippen LogP contribution in [-0.4, -0.2) is 43.8 Å². The van der Waals surface area contributed by atoms with Gasteiger partial charge < -0.3 is 0 Å². The minimum absolute atomic E-state index is 0.437. The van der Waals surface area contributed by atoms with E-state index in [0.717, 1.165) is 24.0 Å². The molecule has 1 fully saturated rings. The first-order valence-electron chi connectivity index (χ1n) is 6.94. The van der Waals surface area contributed by atoms with Crippen LogP contribution >= 0.6 is 12.2 Å². The minimum Gasteiger partial charge on any atom is -0.299 e. The largest absolute Gasteiger partial charge is 0.299 e. The molecule has 106 valence electrons. The Balaban J connectivity index is 1.86. The Bertz CT molecular complexity index is 629. The van der Waals surface area contributed by atoms with Crippen LogP contribution in [0.4, 0.5) is 0 Å². The summed E-state index contributed by atoms with van der Waals surface area (Å²) in [7, 11) is 2.19. The van der Waals surface area contributed by atoms with Gasteiger partial charge in [-0.2, -0.15) is 5.10 Å². The number of rotatable bonds is 5. The molecule has 0 bridgehead atoms. The fourth-order valence-corrected chi connectivity index (χ4v) is 2.65. The highest BCUT2D eigenvalue weighted by Gasteiger charge is 2.29. The summed E-state index contributed by atoms with van der Waals surface area (Å²) >= 11 is 5.37. The summed E-state index contributed by atoms with van der Waals surface area (Å²) in [5.41, 5.74) is 1.04. The normalized spacial score (nSPS) is 16.6. The van der Waals surface area contributed by atoms with Crippen LogP contribution in [0.1, 0.15) is 19.8 Å². The van der Waals surface area contributed by atoms with Crippen LogP contribution in [0.15, 0.2) is 24.5 Å². The van der Waals surface area contributed by atoms with Crippen molar-refractivity contribution in [1.82, 2.24) is 24.6 Å². The first-order valence-corrected chi connectivity index (χ1v) is 7.35. The zero-order valence-corrected chi connectivity index (χ0v) is 12.6. The lowest BCUT2D eigenvalue weighted by atomic mass is 10.2. The van der Waals surface area contributed by atoms with Crippen molar-refractivity contribution in [2.45, 2.75) is 38.4 Å². The molecule has 6 heteroatoms. The van der Waals surface area contributed by atoms with Crippen molar-refractivity contribution >= 4 is 12.2 Å². The highest BCUT2D eigenvalue weighted by Crippen LogP contribution is 2.27. The van der Waals surface area contributed by atoms with Crippen LogP contribution < -0.4 is 0 Å². The highest BCUT2D eigenvalue weighted by atomic mass is 32.1. The first-order chi connectivity index (χ1) is 9.66. The third kappa shape index (κ3) is 2.66. The summed E-state index contributed by atoms with van der Waals surface area (Å²) in [6.07, 6.45) is 6.18. The molecule has 2 heterocycles. The number of hydrogen-bond donors (Lipinski definition) is 1. The first kappa shape index (κ1) is 13.5. The maximum Gasteiger partial charge on any atom is 0.195 e. The van der Waals surface area contributed by atoms with Crippen LogP contribution in [0, 0.1) is 4.77 Å². The van der Waals surface area contributed by atoms with E-state index < -0.39 is 0 Å². The number of aromatic amines is 1. The summed E-state index contributed by atoms with van der Waals surface area (Å²) in [5, 5.41) is 7.26. The van der Waals surface area contributed by atoms with Crippen molar-refractivity contribution in [2.75, 3.05) is 7.05 Å². The molecule has 2 aromatic heterocycles. The Kier molecular flexibility index (Phi) is 3.67. The molecule has 1 aliphatic carbocycles. The van der Waals surface area contributed by atoms with Gasteiger partial charge in [0.2, 0.25) is 0 Å². The topological polar surface area (TPSA) is 49.7 Å². The number of likely N-dealkylation sites (N-methyl/N-ethyl adjacent to an activating group) is 1. The summed E-state index contributed by atoms with van der Waals surface area (Å²) < 4.78 is 2.75. The zero-order chi connectivity index (χ0) is 14.1. The number of H-pyrrole nitrogens is 1. The second kappa shape index (κ2) is 5.46. The second-order valence-electron chi connectivity index (χ2n) is 5.44. The lowest BCUT2D eigenvalue weighted by Crippen LogP contribution is -2.34. The Hall–Kier alpha value is -1.53. The van der Waals surface area contributed by atoms with Crippen molar-refractivity contribution in [3.63, 3.8) is 0 Å². The van der Waals surface area contributed by atoms with Gasteiger partial charge in [-0.1, -0.05) is 0 Å². The summed E-state index contributed by atoms with van der Waals surface area (Å²) in [5.74, 6) is 0.883. The molecule has 1 unspecified atom stereocenters. The van der Waals surface area contributed by atoms with Crippen molar-refractivity contribution in [1.29, 1.82) is 0 Å². The highest BCUT2D eigenvalue weighted by molar-refractivity contribution is 7.71. The van der Waals surface area contributed by atoms with Gasteiger partial charge in [-0.15, -0.1) is 0 Å². The quantitative estimate of drug-likeness (QED) is 0.859. The van der Waals surface area contributed by atoms with Gasteiger partial charge in [0, 0.05) is 36.6 Å². The van der Waals surface area contributed by atoms with Gasteiger partial charge in [-0.3, -0.25) is 19.5 Å². The van der Waals surface area contributed by atoms with Crippen molar-refractivity contribution in [3.05, 3.63) is 29.3 Å². The molecule has 1 atom stereocenters. The van der Waals surface area contributed by atoms with Gasteiger partial charge in [0.1, 0.15) is 0 Å². The van der Waals surface area contributed by atoms with Crippen molar-refractivity contribution in [2.24, 2.45) is 0 Å². The molecule has 3 rings (SSSR count). The van der Waals surface area contributed by atoms with E-state index >= 15 is 0 Å². The van der Waals surface area contributed by atoms with E-state index in [4.69, 9.17) is 12.2 Å². The monoisotopic (exact) mass is 289 g/mol. The molecule has 0 aromatic carbocycles. The maximum atomic E-state index is 5.37. The van der Waals surface area contributed by atoms with Gasteiger partial charge in [-0.25, -0.2) is 0 Å². The molecule has 1 N–H and O–H groups in total. The molecule has 0 aliphatic heterocycles. The fourth-order valence-electron chi connectivity index (χ4n) is 2.44. The second-order valence-corrected chi connectivity index (χ2v) is 5.83. The predicted molar refractivity (Wildman–Crippen MR) is 80.9 cm³/mol. The lowest BCUT2D eigenvalue weighted by molar-refractivity contribution is 0.225. The predicted octanol–water partition coefficient (Wildman–Crippen LogP) is 2.49. The molecule has 0 radical (unpaired) electrons. The number of aromatic nitrogens is 4. The van der Waals surface area contributed by atoms with E-state index in [9.17, 15) is 0 Å². The molecule has 0 amide bonds. The fraction of sp³-hybridized carbons (Fsp3) is 0.500. The van der Waals surface area contributed by atoms with Crippen LogP contribution in [0.3, 0.4) is 0 Å². The summed E-state index contributed by atoms with van der Waals surface area (Å²) in [4.78, 5) is 6.48. The smallest absolute Gasteiger partial charge is 0.195 e. The molecule has 20 heavy (non-hydrogen) atoms. The van der Waals surface area contributed by atoms with Crippen molar-refractivity contribution < 1.29 is 0 Å². The SMILES string of the molecule is CC(Cn1c(-c2ccncc2)n[nH]c1=S)N(C)C1CC1. The number of pyridine rings is 1. The molecule has 1 saturated carbocycles. The minimum atomic E-state index is 0.437. The van der Waals surface area contributed by atoms with Gasteiger partial charge in [0.25, 0.3) is 0 Å². The molecule has 0 spiro atoms. The van der Waals surface area contributed by atoms with Gasteiger partial charge in [0.05, 0.1) is 0 Å². The van der Waals surface area contributed by atoms with E-state index in [1.165, 1.54) is 12.8 Å². The Morgan fingerprint density at radius 1 is 1.45 bits per heavy atom. The summed E-state index contributed by atoms with van der Waals surface area (Å²) in [6.45, 7) is 3.09. The van der Waals surface area contributed by atoms with Gasteiger partial charge in [-0.05, 0) is 51.2 Å². The molecule has 0 saturated heterocycles. The summed E-state index contributed by atoms with van der Waals surface area (Å²) in [6, 6.07) is 5.09.